The van der Waals surface area contributed by atoms with E-state index in [4.69, 9.17) is 16.0 Å². The first-order chi connectivity index (χ1) is 6.58. The van der Waals surface area contributed by atoms with Crippen molar-refractivity contribution in [2.45, 2.75) is 6.92 Å². The highest BCUT2D eigenvalue weighted by molar-refractivity contribution is 9.10. The molecule has 72 valence electrons. The third-order valence-electron chi connectivity index (χ3n) is 1.78. The minimum Gasteiger partial charge on any atom is -0.408 e. The second-order valence-electron chi connectivity index (χ2n) is 2.80. The van der Waals surface area contributed by atoms with E-state index in [1.807, 2.05) is 0 Å². The molecule has 0 fully saturated rings. The first-order valence-electron chi connectivity index (χ1n) is 3.84. The summed E-state index contributed by atoms with van der Waals surface area (Å²) in [6, 6.07) is 3.24. The Morgan fingerprint density at radius 2 is 2.21 bits per heavy atom. The summed E-state index contributed by atoms with van der Waals surface area (Å²) in [5.41, 5.74) is 0.150. The van der Waals surface area contributed by atoms with Gasteiger partial charge in [-0.1, -0.05) is 11.6 Å². The molecule has 1 heterocycles. The van der Waals surface area contributed by atoms with Crippen LogP contribution in [0.1, 0.15) is 5.89 Å². The molecule has 0 amide bonds. The smallest absolute Gasteiger partial charge is 0.346 e. The predicted octanol–water partition coefficient (Wildman–Crippen LogP) is 2.91. The molecule has 0 saturated carbocycles. The van der Waals surface area contributed by atoms with Gasteiger partial charge < -0.3 is 4.42 Å². The normalized spacial score (nSPS) is 10.8. The third-order valence-corrected chi connectivity index (χ3v) is 2.97. The summed E-state index contributed by atoms with van der Waals surface area (Å²) in [5, 5.41) is 0.946. The molecule has 0 aliphatic rings. The first kappa shape index (κ1) is 9.68. The topological polar surface area (TPSA) is 43.1 Å². The Morgan fingerprint density at radius 3 is 2.93 bits per heavy atom. The fourth-order valence-corrected chi connectivity index (χ4v) is 1.68. The van der Waals surface area contributed by atoms with Gasteiger partial charge in [-0.3, -0.25) is 0 Å². The maximum Gasteiger partial charge on any atom is 0.346 e. The molecule has 2 aromatic rings. The molecule has 0 aliphatic carbocycles. The van der Waals surface area contributed by atoms with E-state index in [1.165, 1.54) is 0 Å². The van der Waals surface area contributed by atoms with Gasteiger partial charge >= 0.3 is 5.63 Å². The van der Waals surface area contributed by atoms with Gasteiger partial charge in [0.05, 0.1) is 15.9 Å². The summed E-state index contributed by atoms with van der Waals surface area (Å²) < 4.78 is 5.51. The van der Waals surface area contributed by atoms with Crippen LogP contribution < -0.4 is 5.63 Å². The Morgan fingerprint density at radius 1 is 1.50 bits per heavy atom. The molecule has 0 bridgehead atoms. The van der Waals surface area contributed by atoms with E-state index in [1.54, 1.807) is 19.1 Å². The largest absolute Gasteiger partial charge is 0.408 e. The maximum absolute atomic E-state index is 11.4. The van der Waals surface area contributed by atoms with E-state index in [2.05, 4.69) is 20.9 Å². The van der Waals surface area contributed by atoms with Crippen molar-refractivity contribution >= 4 is 38.4 Å². The lowest BCUT2D eigenvalue weighted by molar-refractivity contribution is 0.467. The van der Waals surface area contributed by atoms with Gasteiger partial charge in [-0.15, -0.1) is 0 Å². The van der Waals surface area contributed by atoms with Gasteiger partial charge in [-0.2, -0.15) is 0 Å². The molecule has 0 aliphatic heterocycles. The molecule has 0 unspecified atom stereocenters. The number of halogens is 2. The molecule has 0 spiro atoms. The van der Waals surface area contributed by atoms with Gasteiger partial charge in [0.25, 0.3) is 0 Å². The Hall–Kier alpha value is -0.870. The van der Waals surface area contributed by atoms with Crippen LogP contribution in [0.4, 0.5) is 0 Å². The van der Waals surface area contributed by atoms with Gasteiger partial charge in [0.2, 0.25) is 0 Å². The molecule has 0 saturated heterocycles. The highest BCUT2D eigenvalue weighted by Crippen LogP contribution is 2.25. The summed E-state index contributed by atoms with van der Waals surface area (Å²) in [6.07, 6.45) is 0. The Kier molecular flexibility index (Phi) is 2.33. The van der Waals surface area contributed by atoms with Crippen molar-refractivity contribution in [3.8, 4) is 0 Å². The standard InChI is InChI=1S/C9H5BrClNO2/c1-4-12-8-3-7(11)6(10)2-5(8)9(13)14-4/h2-3H,1H3. The minimum atomic E-state index is -0.398. The number of fused-ring (bicyclic) bond motifs is 1. The van der Waals surface area contributed by atoms with Crippen LogP contribution in [0, 0.1) is 6.92 Å². The lowest BCUT2D eigenvalue weighted by Gasteiger charge is -1.99. The molecule has 1 aromatic carbocycles. The lowest BCUT2D eigenvalue weighted by Crippen LogP contribution is -2.02. The van der Waals surface area contributed by atoms with Crippen LogP contribution in [0.15, 0.2) is 25.8 Å². The van der Waals surface area contributed by atoms with Crippen molar-refractivity contribution in [1.29, 1.82) is 0 Å². The van der Waals surface area contributed by atoms with Gasteiger partial charge in [-0.05, 0) is 28.1 Å². The molecule has 3 nitrogen and oxygen atoms in total. The Bertz CT molecular complexity index is 564. The van der Waals surface area contributed by atoms with E-state index in [0.717, 1.165) is 0 Å². The van der Waals surface area contributed by atoms with Crippen molar-refractivity contribution in [3.05, 3.63) is 37.9 Å². The summed E-state index contributed by atoms with van der Waals surface area (Å²) in [5.74, 6) is 0.334. The average molecular weight is 275 g/mol. The molecule has 14 heavy (non-hydrogen) atoms. The molecular formula is C9H5BrClNO2. The minimum absolute atomic E-state index is 0.334. The SMILES string of the molecule is Cc1nc2cc(Cl)c(Br)cc2c(=O)o1. The third kappa shape index (κ3) is 1.55. The van der Waals surface area contributed by atoms with E-state index in [9.17, 15) is 4.79 Å². The van der Waals surface area contributed by atoms with Crippen LogP contribution >= 0.6 is 27.5 Å². The first-order valence-corrected chi connectivity index (χ1v) is 5.01. The second kappa shape index (κ2) is 3.37. The fourth-order valence-electron chi connectivity index (χ4n) is 1.17. The molecule has 0 N–H and O–H groups in total. The van der Waals surface area contributed by atoms with E-state index in [0.29, 0.717) is 26.3 Å². The number of benzene rings is 1. The van der Waals surface area contributed by atoms with Crippen LogP contribution in [0.3, 0.4) is 0 Å². The highest BCUT2D eigenvalue weighted by Gasteiger charge is 2.06. The lowest BCUT2D eigenvalue weighted by atomic mass is 10.2. The van der Waals surface area contributed by atoms with Crippen LogP contribution in [0.2, 0.25) is 5.02 Å². The van der Waals surface area contributed by atoms with Gasteiger partial charge in [0.15, 0.2) is 5.89 Å². The van der Waals surface area contributed by atoms with Crippen molar-refractivity contribution in [3.63, 3.8) is 0 Å². The maximum atomic E-state index is 11.4. The number of hydrogen-bond donors (Lipinski definition) is 0. The summed E-state index contributed by atoms with van der Waals surface area (Å²) >= 11 is 9.10. The number of aryl methyl sites for hydroxylation is 1. The number of rotatable bonds is 0. The Balaban J connectivity index is 2.96. The summed E-state index contributed by atoms with van der Waals surface area (Å²) in [6.45, 7) is 1.62. The molecule has 1 aromatic heterocycles. The molecule has 2 rings (SSSR count). The van der Waals surface area contributed by atoms with Gasteiger partial charge in [-0.25, -0.2) is 9.78 Å². The van der Waals surface area contributed by atoms with Crippen LogP contribution in [-0.2, 0) is 0 Å². The monoisotopic (exact) mass is 273 g/mol. The fraction of sp³-hybridized carbons (Fsp3) is 0.111. The van der Waals surface area contributed by atoms with Crippen LogP contribution in [0.25, 0.3) is 10.9 Å². The quantitative estimate of drug-likeness (QED) is 0.742. The highest BCUT2D eigenvalue weighted by atomic mass is 79.9. The zero-order valence-corrected chi connectivity index (χ0v) is 9.52. The number of hydrogen-bond acceptors (Lipinski definition) is 3. The Labute approximate surface area is 92.8 Å². The van der Waals surface area contributed by atoms with Crippen LogP contribution in [-0.4, -0.2) is 4.98 Å². The second-order valence-corrected chi connectivity index (χ2v) is 4.07. The average Bonchev–Trinajstić information content (AvgIpc) is 2.08. The van der Waals surface area contributed by atoms with Crippen molar-refractivity contribution < 1.29 is 4.42 Å². The van der Waals surface area contributed by atoms with Crippen molar-refractivity contribution in [1.82, 2.24) is 4.98 Å². The number of nitrogens with zero attached hydrogens (tertiary/aromatic N) is 1. The van der Waals surface area contributed by atoms with E-state index < -0.39 is 5.63 Å². The summed E-state index contributed by atoms with van der Waals surface area (Å²) in [7, 11) is 0. The number of aromatic nitrogens is 1. The predicted molar refractivity (Wildman–Crippen MR) is 57.7 cm³/mol. The van der Waals surface area contributed by atoms with Gasteiger partial charge in [0.1, 0.15) is 0 Å². The van der Waals surface area contributed by atoms with E-state index >= 15 is 0 Å². The summed E-state index contributed by atoms with van der Waals surface area (Å²) in [4.78, 5) is 15.5. The molecular weight excluding hydrogens is 269 g/mol. The zero-order chi connectivity index (χ0) is 10.3. The van der Waals surface area contributed by atoms with Crippen molar-refractivity contribution in [2.75, 3.05) is 0 Å². The van der Waals surface area contributed by atoms with Crippen molar-refractivity contribution in [2.24, 2.45) is 0 Å². The zero-order valence-electron chi connectivity index (χ0n) is 7.17. The van der Waals surface area contributed by atoms with Crippen LogP contribution in [0.5, 0.6) is 0 Å². The molecule has 0 radical (unpaired) electrons. The molecule has 5 heteroatoms. The molecule has 0 atom stereocenters. The van der Waals surface area contributed by atoms with E-state index in [-0.39, 0.29) is 0 Å². The van der Waals surface area contributed by atoms with Gasteiger partial charge in [0, 0.05) is 11.4 Å².